The van der Waals surface area contributed by atoms with E-state index in [1.54, 1.807) is 13.0 Å². The predicted octanol–water partition coefficient (Wildman–Crippen LogP) is 3.93. The molecule has 0 aliphatic rings. The van der Waals surface area contributed by atoms with Crippen LogP contribution in [0.5, 0.6) is 5.75 Å². The number of benzene rings is 1. The second kappa shape index (κ2) is 5.58. The minimum Gasteiger partial charge on any atom is -0.485 e. The van der Waals surface area contributed by atoms with E-state index in [0.717, 1.165) is 11.3 Å². The monoisotopic (exact) mass is 298 g/mol. The van der Waals surface area contributed by atoms with Gasteiger partial charge in [0.05, 0.1) is 0 Å². The van der Waals surface area contributed by atoms with Gasteiger partial charge in [-0.05, 0) is 13.0 Å². The Morgan fingerprint density at radius 2 is 2.00 bits per heavy atom. The van der Waals surface area contributed by atoms with Crippen molar-refractivity contribution in [1.82, 2.24) is 0 Å². The molecule has 0 radical (unpaired) electrons. The van der Waals surface area contributed by atoms with Crippen molar-refractivity contribution in [1.29, 1.82) is 0 Å². The third kappa shape index (κ3) is 3.14. The molecular formula is C14H12F2O3S. The topological polar surface area (TPSA) is 46.5 Å². The number of alkyl halides is 2. The van der Waals surface area contributed by atoms with E-state index in [9.17, 15) is 13.6 Å². The molecule has 0 aliphatic carbocycles. The van der Waals surface area contributed by atoms with Gasteiger partial charge in [-0.1, -0.05) is 30.3 Å². The Kier molecular flexibility index (Phi) is 4.04. The Bertz CT molecular complexity index is 608. The van der Waals surface area contributed by atoms with Crippen molar-refractivity contribution in [3.8, 4) is 5.75 Å². The number of thiophene rings is 1. The highest BCUT2D eigenvalue weighted by Gasteiger charge is 2.33. The number of aromatic carboxylic acids is 1. The van der Waals surface area contributed by atoms with Gasteiger partial charge in [0.15, 0.2) is 11.5 Å². The van der Waals surface area contributed by atoms with E-state index in [-0.39, 0.29) is 16.2 Å². The predicted molar refractivity (Wildman–Crippen MR) is 71.8 cm³/mol. The molecule has 0 saturated carbocycles. The quantitative estimate of drug-likeness (QED) is 0.910. The van der Waals surface area contributed by atoms with Gasteiger partial charge < -0.3 is 9.84 Å². The van der Waals surface area contributed by atoms with E-state index in [1.807, 2.05) is 0 Å². The van der Waals surface area contributed by atoms with Crippen LogP contribution in [-0.2, 0) is 5.92 Å². The van der Waals surface area contributed by atoms with E-state index < -0.39 is 18.5 Å². The lowest BCUT2D eigenvalue weighted by molar-refractivity contribution is -0.0468. The van der Waals surface area contributed by atoms with E-state index in [2.05, 4.69) is 0 Å². The van der Waals surface area contributed by atoms with Crippen LogP contribution in [0.4, 0.5) is 8.78 Å². The molecule has 3 nitrogen and oxygen atoms in total. The maximum absolute atomic E-state index is 13.9. The lowest BCUT2D eigenvalue weighted by atomic mass is 10.1. The molecule has 1 heterocycles. The Hall–Kier alpha value is -1.95. The van der Waals surface area contributed by atoms with E-state index in [1.165, 1.54) is 30.3 Å². The number of aryl methyl sites for hydroxylation is 1. The second-order valence-electron chi connectivity index (χ2n) is 4.21. The molecule has 0 amide bonds. The zero-order chi connectivity index (χ0) is 14.8. The number of carboxylic acids is 1. The number of carbonyl (C=O) groups is 1. The molecule has 20 heavy (non-hydrogen) atoms. The fourth-order valence-corrected chi connectivity index (χ4v) is 2.47. The van der Waals surface area contributed by atoms with E-state index >= 15 is 0 Å². The summed E-state index contributed by atoms with van der Waals surface area (Å²) in [6.07, 6.45) is 0. The van der Waals surface area contributed by atoms with Crippen molar-refractivity contribution in [3.05, 3.63) is 51.7 Å². The molecule has 1 aromatic heterocycles. The molecule has 0 saturated heterocycles. The molecule has 106 valence electrons. The fourth-order valence-electron chi connectivity index (χ4n) is 1.68. The van der Waals surface area contributed by atoms with Gasteiger partial charge in [0.25, 0.3) is 0 Å². The van der Waals surface area contributed by atoms with Crippen molar-refractivity contribution >= 4 is 17.3 Å². The summed E-state index contributed by atoms with van der Waals surface area (Å²) in [6, 6.07) is 8.74. The number of halogens is 2. The molecule has 6 heteroatoms. The van der Waals surface area contributed by atoms with E-state index in [4.69, 9.17) is 9.84 Å². The first-order chi connectivity index (χ1) is 9.40. The molecular weight excluding hydrogens is 286 g/mol. The molecule has 0 bridgehead atoms. The number of hydrogen-bond donors (Lipinski definition) is 1. The van der Waals surface area contributed by atoms with Crippen LogP contribution in [0.15, 0.2) is 36.4 Å². The van der Waals surface area contributed by atoms with Crippen molar-refractivity contribution in [2.75, 3.05) is 6.61 Å². The summed E-state index contributed by atoms with van der Waals surface area (Å²) in [6.45, 7) is 0.798. The summed E-state index contributed by atoms with van der Waals surface area (Å²) in [5, 5.41) is 8.97. The second-order valence-corrected chi connectivity index (χ2v) is 5.47. The zero-order valence-corrected chi connectivity index (χ0v) is 11.4. The van der Waals surface area contributed by atoms with Crippen molar-refractivity contribution in [3.63, 3.8) is 0 Å². The molecule has 0 atom stereocenters. The maximum atomic E-state index is 13.9. The van der Waals surface area contributed by atoms with Crippen LogP contribution in [0.2, 0.25) is 0 Å². The normalized spacial score (nSPS) is 11.3. The lowest BCUT2D eigenvalue weighted by Crippen LogP contribution is -2.23. The van der Waals surface area contributed by atoms with E-state index in [0.29, 0.717) is 4.88 Å². The van der Waals surface area contributed by atoms with Gasteiger partial charge in [0, 0.05) is 10.4 Å². The number of hydrogen-bond acceptors (Lipinski definition) is 3. The van der Waals surface area contributed by atoms with Crippen LogP contribution in [0.3, 0.4) is 0 Å². The van der Waals surface area contributed by atoms with Crippen LogP contribution in [-0.4, -0.2) is 17.7 Å². The van der Waals surface area contributed by atoms with Gasteiger partial charge in [-0.25, -0.2) is 4.79 Å². The highest BCUT2D eigenvalue weighted by Crippen LogP contribution is 2.33. The number of ether oxygens (including phenoxy) is 1. The van der Waals surface area contributed by atoms with Crippen molar-refractivity contribution < 1.29 is 23.4 Å². The molecule has 0 spiro atoms. The van der Waals surface area contributed by atoms with Gasteiger partial charge in [0.1, 0.15) is 5.75 Å². The molecule has 2 aromatic rings. The zero-order valence-electron chi connectivity index (χ0n) is 10.6. The van der Waals surface area contributed by atoms with Crippen molar-refractivity contribution in [2.45, 2.75) is 12.8 Å². The highest BCUT2D eigenvalue weighted by molar-refractivity contribution is 7.14. The molecule has 0 aliphatic heterocycles. The molecule has 1 aromatic carbocycles. The molecule has 2 rings (SSSR count). The third-order valence-corrected chi connectivity index (χ3v) is 3.64. The first-order valence-electron chi connectivity index (χ1n) is 5.80. The minimum absolute atomic E-state index is 0.0180. The summed E-state index contributed by atoms with van der Waals surface area (Å²) in [7, 11) is 0. The van der Waals surface area contributed by atoms with Gasteiger partial charge in [-0.2, -0.15) is 8.78 Å². The fraction of sp³-hybridized carbons (Fsp3) is 0.214. The number of rotatable bonds is 5. The van der Waals surface area contributed by atoms with Gasteiger partial charge in [-0.15, -0.1) is 11.3 Å². The standard InChI is InChI=1S/C14H12F2O3S/c1-9-7-11(12(20-9)13(17)18)19-8-14(15,16)10-5-3-2-4-6-10/h2-7H,8H2,1H3,(H,17,18). The van der Waals surface area contributed by atoms with Gasteiger partial charge >= 0.3 is 11.9 Å². The number of carboxylic acid groups (broad SMARTS) is 1. The summed E-state index contributed by atoms with van der Waals surface area (Å²) in [5.74, 6) is -4.37. The maximum Gasteiger partial charge on any atom is 0.349 e. The lowest BCUT2D eigenvalue weighted by Gasteiger charge is -2.17. The SMILES string of the molecule is Cc1cc(OCC(F)(F)c2ccccc2)c(C(=O)O)s1. The van der Waals surface area contributed by atoms with Crippen LogP contribution >= 0.6 is 11.3 Å². The highest BCUT2D eigenvalue weighted by atomic mass is 32.1. The summed E-state index contributed by atoms with van der Waals surface area (Å²) in [4.78, 5) is 11.6. The Morgan fingerprint density at radius 3 is 2.60 bits per heavy atom. The van der Waals surface area contributed by atoms with Crippen LogP contribution in [0.25, 0.3) is 0 Å². The van der Waals surface area contributed by atoms with Crippen LogP contribution in [0, 0.1) is 6.92 Å². The average Bonchev–Trinajstić information content (AvgIpc) is 2.79. The minimum atomic E-state index is -3.17. The van der Waals surface area contributed by atoms with Crippen LogP contribution in [0.1, 0.15) is 20.1 Å². The van der Waals surface area contributed by atoms with Crippen molar-refractivity contribution in [2.24, 2.45) is 0 Å². The summed E-state index contributed by atoms with van der Waals surface area (Å²) >= 11 is 0.999. The third-order valence-electron chi connectivity index (χ3n) is 2.62. The first-order valence-corrected chi connectivity index (χ1v) is 6.61. The Balaban J connectivity index is 2.14. The Morgan fingerprint density at radius 1 is 1.35 bits per heavy atom. The van der Waals surface area contributed by atoms with Gasteiger partial charge in [-0.3, -0.25) is 0 Å². The molecule has 1 N–H and O–H groups in total. The molecule has 0 fully saturated rings. The smallest absolute Gasteiger partial charge is 0.349 e. The molecule has 0 unspecified atom stereocenters. The summed E-state index contributed by atoms with van der Waals surface area (Å²) < 4.78 is 32.8. The first kappa shape index (κ1) is 14.5. The van der Waals surface area contributed by atoms with Gasteiger partial charge in [0.2, 0.25) is 0 Å². The average molecular weight is 298 g/mol. The largest absolute Gasteiger partial charge is 0.485 e. The van der Waals surface area contributed by atoms with Crippen LogP contribution < -0.4 is 4.74 Å². The Labute approximate surface area is 118 Å². The summed E-state index contributed by atoms with van der Waals surface area (Å²) in [5.41, 5.74) is -0.163.